The Morgan fingerprint density at radius 1 is 1.47 bits per heavy atom. The van der Waals surface area contributed by atoms with Crippen molar-refractivity contribution in [1.82, 2.24) is 0 Å². The molecular weight excluding hydrogens is 317 g/mol. The van der Waals surface area contributed by atoms with Gasteiger partial charge in [-0.2, -0.15) is 0 Å². The van der Waals surface area contributed by atoms with Crippen LogP contribution in [0, 0.1) is 5.82 Å². The van der Waals surface area contributed by atoms with E-state index in [9.17, 15) is 9.18 Å². The zero-order valence-electron chi connectivity index (χ0n) is 10.1. The van der Waals surface area contributed by atoms with Crippen LogP contribution in [0.1, 0.15) is 16.1 Å². The van der Waals surface area contributed by atoms with Gasteiger partial charge >= 0.3 is 5.97 Å². The molecular formula is C13H11BrFNO3. The molecule has 1 aromatic carbocycles. The van der Waals surface area contributed by atoms with Crippen LogP contribution >= 0.6 is 15.9 Å². The highest BCUT2D eigenvalue weighted by Crippen LogP contribution is 2.23. The maximum atomic E-state index is 12.9. The van der Waals surface area contributed by atoms with Gasteiger partial charge in [0.2, 0.25) is 0 Å². The molecule has 0 unspecified atom stereocenters. The van der Waals surface area contributed by atoms with Gasteiger partial charge in [0.1, 0.15) is 17.8 Å². The number of esters is 1. The van der Waals surface area contributed by atoms with Crippen LogP contribution in [-0.4, -0.2) is 13.1 Å². The van der Waals surface area contributed by atoms with Crippen molar-refractivity contribution < 1.29 is 18.3 Å². The van der Waals surface area contributed by atoms with Crippen molar-refractivity contribution in [3.63, 3.8) is 0 Å². The minimum absolute atomic E-state index is 0.316. The third kappa shape index (κ3) is 3.35. The van der Waals surface area contributed by atoms with Crippen molar-refractivity contribution in [3.8, 4) is 0 Å². The van der Waals surface area contributed by atoms with Crippen LogP contribution in [0.2, 0.25) is 0 Å². The van der Waals surface area contributed by atoms with Crippen LogP contribution in [0.25, 0.3) is 0 Å². The molecule has 0 bridgehead atoms. The van der Waals surface area contributed by atoms with Gasteiger partial charge in [-0.05, 0) is 40.2 Å². The highest BCUT2D eigenvalue weighted by Gasteiger charge is 2.10. The first kappa shape index (κ1) is 13.6. The van der Waals surface area contributed by atoms with Crippen molar-refractivity contribution in [1.29, 1.82) is 0 Å². The van der Waals surface area contributed by atoms with Crippen LogP contribution in [0.3, 0.4) is 0 Å². The summed E-state index contributed by atoms with van der Waals surface area (Å²) in [5.41, 5.74) is 1.09. The first-order valence-corrected chi connectivity index (χ1v) is 6.24. The molecule has 0 saturated heterocycles. The molecule has 0 saturated carbocycles. The second kappa shape index (κ2) is 5.88. The average molecular weight is 328 g/mol. The zero-order chi connectivity index (χ0) is 13.8. The molecule has 2 aromatic rings. The lowest BCUT2D eigenvalue weighted by Crippen LogP contribution is -2.00. The largest absolute Gasteiger partial charge is 0.467 e. The monoisotopic (exact) mass is 327 g/mol. The summed E-state index contributed by atoms with van der Waals surface area (Å²) in [5, 5.41) is 3.07. The van der Waals surface area contributed by atoms with Crippen LogP contribution in [0.15, 0.2) is 39.4 Å². The summed E-state index contributed by atoms with van der Waals surface area (Å²) >= 11 is 3.25. The van der Waals surface area contributed by atoms with Gasteiger partial charge < -0.3 is 14.5 Å². The predicted octanol–water partition coefficient (Wildman–Crippen LogP) is 3.58. The molecule has 100 valence electrons. The van der Waals surface area contributed by atoms with E-state index in [0.29, 0.717) is 22.3 Å². The minimum atomic E-state index is -0.446. The molecule has 6 heteroatoms. The molecule has 2 rings (SSSR count). The fourth-order valence-corrected chi connectivity index (χ4v) is 2.00. The molecule has 0 aliphatic heterocycles. The standard InChI is InChI=1S/C13H11BrFNO3/c1-18-13(17)8-4-10(19-7-8)6-16-12-3-2-9(15)5-11(12)14/h2-5,7,16H,6H2,1H3. The zero-order valence-corrected chi connectivity index (χ0v) is 11.7. The van der Waals surface area contributed by atoms with Crippen molar-refractivity contribution in [2.75, 3.05) is 12.4 Å². The number of furan rings is 1. The first-order valence-electron chi connectivity index (χ1n) is 5.45. The van der Waals surface area contributed by atoms with Crippen LogP contribution in [-0.2, 0) is 11.3 Å². The van der Waals surface area contributed by atoms with Gasteiger partial charge in [0.05, 0.1) is 19.2 Å². The van der Waals surface area contributed by atoms with Gasteiger partial charge in [0.15, 0.2) is 0 Å². The van der Waals surface area contributed by atoms with Crippen LogP contribution in [0.5, 0.6) is 0 Å². The van der Waals surface area contributed by atoms with Crippen molar-refractivity contribution in [3.05, 3.63) is 52.1 Å². The number of rotatable bonds is 4. The van der Waals surface area contributed by atoms with E-state index in [4.69, 9.17) is 4.42 Å². The van der Waals surface area contributed by atoms with Crippen LogP contribution < -0.4 is 5.32 Å². The molecule has 0 spiro atoms. The maximum Gasteiger partial charge on any atom is 0.341 e. The molecule has 1 heterocycles. The Kier molecular flexibility index (Phi) is 4.21. The van der Waals surface area contributed by atoms with Crippen molar-refractivity contribution in [2.45, 2.75) is 6.54 Å². The Morgan fingerprint density at radius 2 is 2.26 bits per heavy atom. The lowest BCUT2D eigenvalue weighted by Gasteiger charge is -2.06. The number of hydrogen-bond donors (Lipinski definition) is 1. The van der Waals surface area contributed by atoms with Crippen molar-refractivity contribution >= 4 is 27.6 Å². The lowest BCUT2D eigenvalue weighted by molar-refractivity contribution is 0.0600. The second-order valence-corrected chi connectivity index (χ2v) is 4.63. The molecule has 1 aromatic heterocycles. The van der Waals surface area contributed by atoms with E-state index < -0.39 is 5.97 Å². The second-order valence-electron chi connectivity index (χ2n) is 3.77. The van der Waals surface area contributed by atoms with Gasteiger partial charge in [-0.3, -0.25) is 0 Å². The fraction of sp³-hybridized carbons (Fsp3) is 0.154. The highest BCUT2D eigenvalue weighted by molar-refractivity contribution is 9.10. The summed E-state index contributed by atoms with van der Waals surface area (Å²) in [6.45, 7) is 0.376. The van der Waals surface area contributed by atoms with Gasteiger partial charge in [0, 0.05) is 10.2 Å². The number of nitrogens with one attached hydrogen (secondary N) is 1. The number of halogens is 2. The number of carbonyl (C=O) groups is 1. The summed E-state index contributed by atoms with van der Waals surface area (Å²) in [6.07, 6.45) is 1.34. The third-order valence-corrected chi connectivity index (χ3v) is 3.12. The molecule has 4 nitrogen and oxygen atoms in total. The number of anilines is 1. The van der Waals surface area contributed by atoms with Gasteiger partial charge in [0.25, 0.3) is 0 Å². The summed E-state index contributed by atoms with van der Waals surface area (Å²) in [7, 11) is 1.31. The Labute approximate surface area is 117 Å². The maximum absolute atomic E-state index is 12.9. The van der Waals surface area contributed by atoms with E-state index in [-0.39, 0.29) is 5.82 Å². The van der Waals surface area contributed by atoms with E-state index in [1.165, 1.54) is 25.5 Å². The molecule has 0 amide bonds. The Hall–Kier alpha value is -1.82. The number of methoxy groups -OCH3 is 1. The summed E-state index contributed by atoms with van der Waals surface area (Å²) in [5.74, 6) is -0.182. The van der Waals surface area contributed by atoms with Gasteiger partial charge in [-0.1, -0.05) is 0 Å². The van der Waals surface area contributed by atoms with Gasteiger partial charge in [-0.25, -0.2) is 9.18 Å². The normalized spacial score (nSPS) is 10.3. The highest BCUT2D eigenvalue weighted by atomic mass is 79.9. The van der Waals surface area contributed by atoms with Crippen LogP contribution in [0.4, 0.5) is 10.1 Å². The topological polar surface area (TPSA) is 51.5 Å². The third-order valence-electron chi connectivity index (χ3n) is 2.46. The molecule has 0 fully saturated rings. The molecule has 0 atom stereocenters. The predicted molar refractivity (Wildman–Crippen MR) is 71.5 cm³/mol. The summed E-state index contributed by atoms with van der Waals surface area (Å²) in [6, 6.07) is 5.93. The van der Waals surface area contributed by atoms with E-state index in [1.54, 1.807) is 12.1 Å². The average Bonchev–Trinajstić information content (AvgIpc) is 2.85. The molecule has 0 radical (unpaired) electrons. The summed E-state index contributed by atoms with van der Waals surface area (Å²) < 4.78 is 23.3. The molecule has 0 aliphatic carbocycles. The van der Waals surface area contributed by atoms with E-state index in [1.807, 2.05) is 0 Å². The number of benzene rings is 1. The summed E-state index contributed by atoms with van der Waals surface area (Å²) in [4.78, 5) is 11.2. The van der Waals surface area contributed by atoms with E-state index in [2.05, 4.69) is 26.0 Å². The number of ether oxygens (including phenoxy) is 1. The van der Waals surface area contributed by atoms with E-state index >= 15 is 0 Å². The number of carbonyl (C=O) groups excluding carboxylic acids is 1. The Morgan fingerprint density at radius 3 is 2.95 bits per heavy atom. The smallest absolute Gasteiger partial charge is 0.341 e. The van der Waals surface area contributed by atoms with E-state index in [0.717, 1.165) is 5.69 Å². The quantitative estimate of drug-likeness (QED) is 0.872. The fourth-order valence-electron chi connectivity index (χ4n) is 1.51. The van der Waals surface area contributed by atoms with Crippen molar-refractivity contribution in [2.24, 2.45) is 0 Å². The SMILES string of the molecule is COC(=O)c1coc(CNc2ccc(F)cc2Br)c1. The first-order chi connectivity index (χ1) is 9.10. The minimum Gasteiger partial charge on any atom is -0.467 e. The molecule has 19 heavy (non-hydrogen) atoms. The van der Waals surface area contributed by atoms with Gasteiger partial charge in [-0.15, -0.1) is 0 Å². The Balaban J connectivity index is 2.02. The molecule has 0 aliphatic rings. The molecule has 1 N–H and O–H groups in total. The lowest BCUT2D eigenvalue weighted by atomic mass is 10.3. The Bertz CT molecular complexity index is 597. The number of hydrogen-bond acceptors (Lipinski definition) is 4.